The highest BCUT2D eigenvalue weighted by Crippen LogP contribution is 2.59. The van der Waals surface area contributed by atoms with Crippen LogP contribution in [0.4, 0.5) is 0 Å². The van der Waals surface area contributed by atoms with Gasteiger partial charge in [-0.3, -0.25) is 0 Å². The van der Waals surface area contributed by atoms with Gasteiger partial charge < -0.3 is 5.11 Å². The first-order valence-corrected chi connectivity index (χ1v) is 10.2. The third-order valence-corrected chi connectivity index (χ3v) is 7.60. The molecule has 134 valence electrons. The van der Waals surface area contributed by atoms with E-state index in [-0.39, 0.29) is 6.10 Å². The van der Waals surface area contributed by atoms with E-state index in [1.54, 1.807) is 5.57 Å². The summed E-state index contributed by atoms with van der Waals surface area (Å²) in [7, 11) is 0. The molecule has 5 atom stereocenters. The summed E-state index contributed by atoms with van der Waals surface area (Å²) in [6.45, 7) is 11.4. The van der Waals surface area contributed by atoms with Crippen LogP contribution in [0.25, 0.3) is 0 Å². The monoisotopic (exact) mass is 328 g/mol. The van der Waals surface area contributed by atoms with Crippen LogP contribution in [0.2, 0.25) is 0 Å². The summed E-state index contributed by atoms with van der Waals surface area (Å²) < 4.78 is 0. The van der Waals surface area contributed by atoms with Gasteiger partial charge in [-0.2, -0.15) is 0 Å². The number of hydrogen-bond acceptors (Lipinski definition) is 1. The normalized spacial score (nSPS) is 41.7. The molecule has 1 nitrogen and oxygen atoms in total. The highest BCUT2D eigenvalue weighted by Gasteiger charge is 2.50. The molecule has 3 aliphatic carbocycles. The van der Waals surface area contributed by atoms with Gasteiger partial charge in [-0.05, 0) is 80.1 Å². The zero-order valence-corrected chi connectivity index (χ0v) is 16.0. The molecular formula is C23H36O. The molecule has 1 N–H and O–H groups in total. The summed E-state index contributed by atoms with van der Waals surface area (Å²) in [4.78, 5) is 0. The zero-order chi connectivity index (χ0) is 17.3. The van der Waals surface area contributed by atoms with Gasteiger partial charge in [0.1, 0.15) is 0 Å². The van der Waals surface area contributed by atoms with Gasteiger partial charge in [0.25, 0.3) is 0 Å². The van der Waals surface area contributed by atoms with Crippen molar-refractivity contribution in [2.24, 2.45) is 23.2 Å². The van der Waals surface area contributed by atoms with Gasteiger partial charge in [-0.15, -0.1) is 0 Å². The van der Waals surface area contributed by atoms with E-state index >= 15 is 0 Å². The van der Waals surface area contributed by atoms with Crippen molar-refractivity contribution < 1.29 is 5.11 Å². The van der Waals surface area contributed by atoms with Gasteiger partial charge in [0.15, 0.2) is 0 Å². The molecule has 0 spiro atoms. The lowest BCUT2D eigenvalue weighted by Gasteiger charge is -2.44. The minimum Gasteiger partial charge on any atom is -0.388 e. The van der Waals surface area contributed by atoms with E-state index in [0.29, 0.717) is 5.41 Å². The third kappa shape index (κ3) is 3.29. The van der Waals surface area contributed by atoms with E-state index < -0.39 is 0 Å². The topological polar surface area (TPSA) is 20.2 Å². The van der Waals surface area contributed by atoms with Gasteiger partial charge in [0.2, 0.25) is 0 Å². The number of allylic oxidation sites excluding steroid dienone is 3. The van der Waals surface area contributed by atoms with Crippen molar-refractivity contribution in [2.75, 3.05) is 0 Å². The molecule has 0 heterocycles. The molecule has 0 radical (unpaired) electrons. The van der Waals surface area contributed by atoms with Gasteiger partial charge in [0, 0.05) is 0 Å². The van der Waals surface area contributed by atoms with Crippen LogP contribution < -0.4 is 0 Å². The Morgan fingerprint density at radius 3 is 2.75 bits per heavy atom. The van der Waals surface area contributed by atoms with Crippen molar-refractivity contribution in [3.8, 4) is 0 Å². The molecule has 3 saturated carbocycles. The second-order valence-corrected chi connectivity index (χ2v) is 8.93. The van der Waals surface area contributed by atoms with Crippen molar-refractivity contribution in [2.45, 2.75) is 84.7 Å². The molecule has 2 unspecified atom stereocenters. The first-order chi connectivity index (χ1) is 11.5. The molecule has 0 aromatic heterocycles. The minimum atomic E-state index is -0.318. The molecule has 3 rings (SSSR count). The Morgan fingerprint density at radius 2 is 2.04 bits per heavy atom. The molecule has 0 amide bonds. The fourth-order valence-electron chi connectivity index (χ4n) is 5.86. The zero-order valence-electron chi connectivity index (χ0n) is 16.0. The molecule has 0 aromatic carbocycles. The van der Waals surface area contributed by atoms with Crippen molar-refractivity contribution >= 4 is 0 Å². The molecule has 0 saturated heterocycles. The standard InChI is InChI=1S/C23H36O/c1-5-16(2)20-12-13-21-19(7-6-14-23(20,21)4)11-10-18-9-8-17(3)22(24)15-18/h10-11,16,20-22,24H,3,5-9,12-15H2,1-2,4H3/b18-10-,19-11+/t16-,20?,21?,22-,23-/m1/s1. The van der Waals surface area contributed by atoms with Crippen molar-refractivity contribution in [3.05, 3.63) is 35.5 Å². The largest absolute Gasteiger partial charge is 0.388 e. The fourth-order valence-corrected chi connectivity index (χ4v) is 5.86. The smallest absolute Gasteiger partial charge is 0.0784 e. The van der Waals surface area contributed by atoms with E-state index in [9.17, 15) is 5.11 Å². The molecule has 3 fully saturated rings. The Morgan fingerprint density at radius 1 is 1.25 bits per heavy atom. The second kappa shape index (κ2) is 7.20. The van der Waals surface area contributed by atoms with Gasteiger partial charge in [-0.25, -0.2) is 0 Å². The molecule has 0 bridgehead atoms. The van der Waals surface area contributed by atoms with Crippen molar-refractivity contribution in [1.82, 2.24) is 0 Å². The number of hydrogen-bond donors (Lipinski definition) is 1. The Labute approximate surface area is 148 Å². The van der Waals surface area contributed by atoms with E-state index in [2.05, 4.69) is 39.5 Å². The lowest BCUT2D eigenvalue weighted by atomic mass is 9.61. The van der Waals surface area contributed by atoms with Gasteiger partial charge in [0.05, 0.1) is 6.10 Å². The average Bonchev–Trinajstić information content (AvgIpc) is 2.92. The van der Waals surface area contributed by atoms with E-state index in [1.807, 2.05) is 0 Å². The SMILES string of the molecule is C=C1CC/C(=C/C=C2\CCC[C@@]3(C)C2CCC3[C@H](C)CC)C[C@H]1O. The van der Waals surface area contributed by atoms with Crippen LogP contribution in [0.5, 0.6) is 0 Å². The van der Waals surface area contributed by atoms with E-state index in [4.69, 9.17) is 0 Å². The predicted octanol–water partition coefficient (Wildman–Crippen LogP) is 6.20. The van der Waals surface area contributed by atoms with Crippen LogP contribution in [-0.2, 0) is 0 Å². The van der Waals surface area contributed by atoms with Gasteiger partial charge in [-0.1, -0.05) is 57.1 Å². The van der Waals surface area contributed by atoms with Crippen molar-refractivity contribution in [1.29, 1.82) is 0 Å². The number of aliphatic hydroxyl groups is 1. The lowest BCUT2D eigenvalue weighted by molar-refractivity contribution is 0.0961. The third-order valence-electron chi connectivity index (χ3n) is 7.60. The van der Waals surface area contributed by atoms with E-state index in [1.165, 1.54) is 44.1 Å². The first kappa shape index (κ1) is 18.0. The molecule has 24 heavy (non-hydrogen) atoms. The average molecular weight is 329 g/mol. The molecule has 0 aliphatic heterocycles. The highest BCUT2D eigenvalue weighted by atomic mass is 16.3. The van der Waals surface area contributed by atoms with Gasteiger partial charge >= 0.3 is 0 Å². The molecule has 1 heteroatoms. The summed E-state index contributed by atoms with van der Waals surface area (Å²) in [5, 5.41) is 10.0. The number of fused-ring (bicyclic) bond motifs is 1. The minimum absolute atomic E-state index is 0.318. The van der Waals surface area contributed by atoms with Crippen LogP contribution >= 0.6 is 0 Å². The summed E-state index contributed by atoms with van der Waals surface area (Å²) in [6.07, 6.45) is 15.5. The lowest BCUT2D eigenvalue weighted by Crippen LogP contribution is -2.35. The fraction of sp³-hybridized carbons (Fsp3) is 0.739. The van der Waals surface area contributed by atoms with Crippen LogP contribution in [0, 0.1) is 23.2 Å². The quantitative estimate of drug-likeness (QED) is 0.611. The first-order valence-electron chi connectivity index (χ1n) is 10.2. The maximum Gasteiger partial charge on any atom is 0.0784 e. The Hall–Kier alpha value is -0.820. The number of rotatable bonds is 3. The van der Waals surface area contributed by atoms with E-state index in [0.717, 1.165) is 42.6 Å². The molecule has 3 aliphatic rings. The number of aliphatic hydroxyl groups excluding tert-OH is 1. The highest BCUT2D eigenvalue weighted by molar-refractivity contribution is 5.28. The maximum atomic E-state index is 10.0. The Balaban J connectivity index is 1.76. The summed E-state index contributed by atoms with van der Waals surface area (Å²) in [5.74, 6) is 2.56. The Bertz CT molecular complexity index is 540. The van der Waals surface area contributed by atoms with Crippen molar-refractivity contribution in [3.63, 3.8) is 0 Å². The maximum absolute atomic E-state index is 10.0. The summed E-state index contributed by atoms with van der Waals surface area (Å²) in [5.41, 5.74) is 4.64. The summed E-state index contributed by atoms with van der Waals surface area (Å²) in [6, 6.07) is 0. The van der Waals surface area contributed by atoms with Crippen LogP contribution in [0.15, 0.2) is 35.5 Å². The van der Waals surface area contributed by atoms with Crippen LogP contribution in [0.1, 0.15) is 78.6 Å². The van der Waals surface area contributed by atoms with Crippen LogP contribution in [0.3, 0.4) is 0 Å². The Kier molecular flexibility index (Phi) is 5.39. The predicted molar refractivity (Wildman–Crippen MR) is 103 cm³/mol. The summed E-state index contributed by atoms with van der Waals surface area (Å²) >= 11 is 0. The second-order valence-electron chi connectivity index (χ2n) is 8.93. The van der Waals surface area contributed by atoms with Crippen LogP contribution in [-0.4, -0.2) is 11.2 Å². The molecular weight excluding hydrogens is 292 g/mol. The molecule has 0 aromatic rings.